The minimum atomic E-state index is -2.91. The number of nitrogens with one attached hydrogen (secondary N) is 2. The predicted octanol–water partition coefficient (Wildman–Crippen LogP) is 4.88. The molecule has 3 rings (SSSR count). The number of hydrogen-bond donors (Lipinski definition) is 2. The van der Waals surface area contributed by atoms with E-state index in [0.29, 0.717) is 28.4 Å². The molecule has 29 heavy (non-hydrogen) atoms. The quantitative estimate of drug-likeness (QED) is 0.451. The fourth-order valence-electron chi connectivity index (χ4n) is 2.81. The molecule has 0 aromatic heterocycles. The molecule has 1 unspecified atom stereocenters. The van der Waals surface area contributed by atoms with Gasteiger partial charge in [0.05, 0.1) is 11.6 Å². The highest BCUT2D eigenvalue weighted by Gasteiger charge is 2.21. The van der Waals surface area contributed by atoms with Crippen molar-refractivity contribution >= 4 is 34.0 Å². The summed E-state index contributed by atoms with van der Waals surface area (Å²) in [6, 6.07) is 13.9. The van der Waals surface area contributed by atoms with Crippen LogP contribution in [0.25, 0.3) is 11.6 Å². The van der Waals surface area contributed by atoms with Gasteiger partial charge < -0.3 is 14.8 Å². The lowest BCUT2D eigenvalue weighted by Gasteiger charge is -2.14. The Kier molecular flexibility index (Phi) is 6.83. The van der Waals surface area contributed by atoms with Crippen molar-refractivity contribution in [2.45, 2.75) is 19.5 Å². The van der Waals surface area contributed by atoms with Gasteiger partial charge in [-0.05, 0) is 54.7 Å². The maximum absolute atomic E-state index is 12.6. The summed E-state index contributed by atoms with van der Waals surface area (Å²) in [5.74, 6) is 0.614. The van der Waals surface area contributed by atoms with Crippen LogP contribution in [-0.4, -0.2) is 23.6 Å². The normalized spacial score (nSPS) is 14.9. The van der Waals surface area contributed by atoms with Crippen molar-refractivity contribution in [2.24, 2.45) is 5.92 Å². The van der Waals surface area contributed by atoms with Crippen molar-refractivity contribution < 1.29 is 17.7 Å². The highest BCUT2D eigenvalue weighted by molar-refractivity contribution is 7.85. The van der Waals surface area contributed by atoms with E-state index in [1.165, 1.54) is 12.1 Å². The summed E-state index contributed by atoms with van der Waals surface area (Å²) in [5, 5.41) is 13.0. The Morgan fingerprint density at radius 3 is 2.62 bits per heavy atom. The lowest BCUT2D eigenvalue weighted by molar-refractivity contribution is -0.0498. The Labute approximate surface area is 171 Å². The van der Waals surface area contributed by atoms with Crippen molar-refractivity contribution in [3.63, 3.8) is 0 Å². The zero-order valence-electron chi connectivity index (χ0n) is 15.8. The third kappa shape index (κ3) is 6.29. The van der Waals surface area contributed by atoms with Gasteiger partial charge in [-0.1, -0.05) is 12.1 Å². The smallest absolute Gasteiger partial charge is 0.387 e. The van der Waals surface area contributed by atoms with Crippen molar-refractivity contribution in [3.8, 4) is 11.8 Å². The molecular formula is C21H21F2N3O2S. The van der Waals surface area contributed by atoms with Gasteiger partial charge in [0.15, 0.2) is 0 Å². The molecule has 0 amide bonds. The van der Waals surface area contributed by atoms with Gasteiger partial charge in [-0.25, -0.2) is 4.21 Å². The number of nitriles is 1. The number of anilines is 2. The molecule has 1 saturated carbocycles. The first-order valence-electron chi connectivity index (χ1n) is 9.09. The minimum absolute atomic E-state index is 0.0438. The first-order chi connectivity index (χ1) is 13.9. The number of alkyl halides is 2. The zero-order valence-corrected chi connectivity index (χ0v) is 16.6. The Morgan fingerprint density at radius 2 is 2.03 bits per heavy atom. The number of halogens is 2. The highest BCUT2D eigenvalue weighted by Crippen LogP contribution is 2.33. The van der Waals surface area contributed by atoms with Gasteiger partial charge in [-0.15, -0.1) is 0 Å². The van der Waals surface area contributed by atoms with Gasteiger partial charge in [0.1, 0.15) is 16.7 Å². The molecule has 1 atom stereocenters. The topological polar surface area (TPSA) is 74.2 Å². The summed E-state index contributed by atoms with van der Waals surface area (Å²) in [5.41, 5.74) is 3.10. The standard InChI is InChI=1S/C21H21F2N3O2S/c1-29(27)26-17-6-4-14(5-7-17)10-16(12-24)19-9-8-18(28-21(22)23)11-20(19)25-13-15-2-3-15/h4-11,15,21,25-26H,2-3,13H2,1H3/b16-10+. The maximum atomic E-state index is 12.6. The average Bonchev–Trinajstić information content (AvgIpc) is 3.50. The monoisotopic (exact) mass is 417 g/mol. The predicted molar refractivity (Wildman–Crippen MR) is 112 cm³/mol. The van der Waals surface area contributed by atoms with E-state index < -0.39 is 17.6 Å². The third-order valence-electron chi connectivity index (χ3n) is 4.39. The van der Waals surface area contributed by atoms with Crippen LogP contribution in [0.1, 0.15) is 24.0 Å². The Morgan fingerprint density at radius 1 is 1.31 bits per heavy atom. The molecule has 0 radical (unpaired) electrons. The van der Waals surface area contributed by atoms with E-state index in [4.69, 9.17) is 0 Å². The van der Waals surface area contributed by atoms with Gasteiger partial charge >= 0.3 is 6.61 Å². The summed E-state index contributed by atoms with van der Waals surface area (Å²) in [6.07, 6.45) is 5.54. The first-order valence-corrected chi connectivity index (χ1v) is 10.7. The maximum Gasteiger partial charge on any atom is 0.387 e. The molecule has 2 N–H and O–H groups in total. The average molecular weight is 417 g/mol. The SMILES string of the molecule is CS(=O)Nc1ccc(/C=C(\C#N)c2ccc(OC(F)F)cc2NCC2CC2)cc1. The van der Waals surface area contributed by atoms with Crippen LogP contribution < -0.4 is 14.8 Å². The Bertz CT molecular complexity index is 951. The number of allylic oxidation sites excluding steroid dienone is 1. The van der Waals surface area contributed by atoms with E-state index in [1.54, 1.807) is 42.7 Å². The lowest BCUT2D eigenvalue weighted by Crippen LogP contribution is -2.07. The molecule has 0 bridgehead atoms. The van der Waals surface area contributed by atoms with Crippen LogP contribution in [0.2, 0.25) is 0 Å². The van der Waals surface area contributed by atoms with Crippen molar-refractivity contribution in [3.05, 3.63) is 53.6 Å². The Balaban J connectivity index is 1.88. The summed E-state index contributed by atoms with van der Waals surface area (Å²) < 4.78 is 43.7. The molecule has 152 valence electrons. The second kappa shape index (κ2) is 9.52. The van der Waals surface area contributed by atoms with Gasteiger partial charge in [0.25, 0.3) is 0 Å². The second-order valence-corrected chi connectivity index (χ2v) is 7.87. The third-order valence-corrected chi connectivity index (χ3v) is 4.91. The number of hydrogen-bond acceptors (Lipinski definition) is 4. The number of benzene rings is 2. The van der Waals surface area contributed by atoms with E-state index in [9.17, 15) is 18.3 Å². The molecule has 2 aromatic carbocycles. The summed E-state index contributed by atoms with van der Waals surface area (Å²) in [7, 11) is -1.17. The summed E-state index contributed by atoms with van der Waals surface area (Å²) >= 11 is 0. The van der Waals surface area contributed by atoms with Gasteiger partial charge in [-0.3, -0.25) is 0 Å². The van der Waals surface area contributed by atoms with E-state index in [-0.39, 0.29) is 5.75 Å². The molecule has 1 aliphatic rings. The summed E-state index contributed by atoms with van der Waals surface area (Å²) in [4.78, 5) is 0. The fraction of sp³-hybridized carbons (Fsp3) is 0.286. The van der Waals surface area contributed by atoms with E-state index in [0.717, 1.165) is 24.9 Å². The van der Waals surface area contributed by atoms with Crippen molar-refractivity contribution in [1.29, 1.82) is 5.26 Å². The largest absolute Gasteiger partial charge is 0.435 e. The molecule has 8 heteroatoms. The van der Waals surface area contributed by atoms with Crippen LogP contribution in [-0.2, 0) is 11.0 Å². The number of ether oxygens (including phenoxy) is 1. The first kappa shape index (κ1) is 20.8. The minimum Gasteiger partial charge on any atom is -0.435 e. The number of nitrogens with zero attached hydrogens (tertiary/aromatic N) is 1. The van der Waals surface area contributed by atoms with Crippen LogP contribution in [0.4, 0.5) is 20.2 Å². The van der Waals surface area contributed by atoms with Crippen LogP contribution in [0, 0.1) is 17.2 Å². The van der Waals surface area contributed by atoms with Crippen LogP contribution in [0.15, 0.2) is 42.5 Å². The van der Waals surface area contributed by atoms with Gasteiger partial charge in [0, 0.05) is 35.8 Å². The molecule has 0 saturated heterocycles. The van der Waals surface area contributed by atoms with E-state index >= 15 is 0 Å². The van der Waals surface area contributed by atoms with Gasteiger partial charge in [-0.2, -0.15) is 14.0 Å². The molecule has 0 spiro atoms. The van der Waals surface area contributed by atoms with Gasteiger partial charge in [0.2, 0.25) is 0 Å². The summed E-state index contributed by atoms with van der Waals surface area (Å²) in [6.45, 7) is -2.19. The van der Waals surface area contributed by atoms with E-state index in [2.05, 4.69) is 20.8 Å². The molecule has 2 aromatic rings. The molecular weight excluding hydrogens is 396 g/mol. The molecule has 1 aliphatic carbocycles. The lowest BCUT2D eigenvalue weighted by atomic mass is 10.0. The molecule has 5 nitrogen and oxygen atoms in total. The Hall–Kier alpha value is -2.92. The highest BCUT2D eigenvalue weighted by atomic mass is 32.2. The van der Waals surface area contributed by atoms with Crippen molar-refractivity contribution in [2.75, 3.05) is 22.8 Å². The zero-order chi connectivity index (χ0) is 20.8. The van der Waals surface area contributed by atoms with Crippen LogP contribution in [0.5, 0.6) is 5.75 Å². The molecule has 1 fully saturated rings. The van der Waals surface area contributed by atoms with E-state index in [1.807, 2.05) is 0 Å². The van der Waals surface area contributed by atoms with Crippen LogP contribution in [0.3, 0.4) is 0 Å². The second-order valence-electron chi connectivity index (χ2n) is 6.76. The van der Waals surface area contributed by atoms with Crippen LogP contribution >= 0.6 is 0 Å². The van der Waals surface area contributed by atoms with Crippen molar-refractivity contribution in [1.82, 2.24) is 0 Å². The molecule has 0 aliphatic heterocycles. The fourth-order valence-corrected chi connectivity index (χ4v) is 3.28. The molecule has 0 heterocycles. The number of rotatable bonds is 9.